The van der Waals surface area contributed by atoms with Crippen molar-refractivity contribution in [1.82, 2.24) is 5.43 Å². The number of methoxy groups -OCH3 is 1. The molecule has 0 aromatic heterocycles. The Labute approximate surface area is 99.4 Å². The molecule has 0 aromatic rings. The predicted molar refractivity (Wildman–Crippen MR) is 67.9 cm³/mol. The van der Waals surface area contributed by atoms with E-state index in [0.717, 1.165) is 6.42 Å². The second-order valence-corrected chi connectivity index (χ2v) is 4.97. The maximum atomic E-state index is 5.70. The van der Waals surface area contributed by atoms with Crippen molar-refractivity contribution in [3.8, 4) is 0 Å². The molecule has 0 heterocycles. The lowest BCUT2D eigenvalue weighted by Crippen LogP contribution is -2.48. The molecule has 3 N–H and O–H groups in total. The summed E-state index contributed by atoms with van der Waals surface area (Å²) in [5.41, 5.74) is 4.37. The van der Waals surface area contributed by atoms with E-state index in [0.29, 0.717) is 5.92 Å². The summed E-state index contributed by atoms with van der Waals surface area (Å²) in [5.74, 6) is 6.17. The number of ether oxygens (including phenoxy) is 1. The molecule has 2 atom stereocenters. The molecule has 1 aliphatic rings. The zero-order valence-corrected chi connectivity index (χ0v) is 10.8. The van der Waals surface area contributed by atoms with E-state index in [2.05, 4.69) is 25.3 Å². The van der Waals surface area contributed by atoms with Crippen LogP contribution in [0.2, 0.25) is 0 Å². The van der Waals surface area contributed by atoms with Crippen LogP contribution in [0.1, 0.15) is 46.0 Å². The van der Waals surface area contributed by atoms with Crippen LogP contribution in [0.5, 0.6) is 0 Å². The molecular weight excluding hydrogens is 200 g/mol. The van der Waals surface area contributed by atoms with E-state index in [1.165, 1.54) is 31.3 Å². The van der Waals surface area contributed by atoms with Crippen molar-refractivity contribution in [2.24, 2.45) is 11.8 Å². The van der Waals surface area contributed by atoms with Gasteiger partial charge in [0.2, 0.25) is 0 Å². The summed E-state index contributed by atoms with van der Waals surface area (Å²) in [6.45, 7) is 4.35. The Morgan fingerprint density at radius 1 is 1.31 bits per heavy atom. The largest absolute Gasteiger partial charge is 0.379 e. The summed E-state index contributed by atoms with van der Waals surface area (Å²) in [6.07, 6.45) is 8.76. The average molecular weight is 226 g/mol. The Balaban J connectivity index is 2.74. The van der Waals surface area contributed by atoms with E-state index in [1.54, 1.807) is 7.11 Å². The van der Waals surface area contributed by atoms with Crippen LogP contribution >= 0.6 is 0 Å². The molecule has 0 aliphatic heterocycles. The Bertz CT molecular complexity index is 226. The Kier molecular flexibility index (Phi) is 6.03. The molecule has 0 aromatic carbocycles. The molecule has 3 nitrogen and oxygen atoms in total. The van der Waals surface area contributed by atoms with Crippen molar-refractivity contribution in [3.05, 3.63) is 11.6 Å². The summed E-state index contributed by atoms with van der Waals surface area (Å²) in [4.78, 5) is 0. The van der Waals surface area contributed by atoms with Crippen molar-refractivity contribution in [1.29, 1.82) is 0 Å². The maximum Gasteiger partial charge on any atom is 0.0798 e. The second-order valence-electron chi connectivity index (χ2n) is 4.97. The first-order valence-corrected chi connectivity index (χ1v) is 6.38. The molecule has 0 saturated carbocycles. The highest BCUT2D eigenvalue weighted by atomic mass is 16.5. The highest BCUT2D eigenvalue weighted by molar-refractivity contribution is 5.14. The summed E-state index contributed by atoms with van der Waals surface area (Å²) in [7, 11) is 1.77. The van der Waals surface area contributed by atoms with Gasteiger partial charge in [0, 0.05) is 7.11 Å². The highest BCUT2D eigenvalue weighted by Gasteiger charge is 2.26. The molecule has 0 bridgehead atoms. The number of nitrogens with two attached hydrogens (primary N) is 1. The van der Waals surface area contributed by atoms with Gasteiger partial charge in [0.15, 0.2) is 0 Å². The van der Waals surface area contributed by atoms with Gasteiger partial charge in [0.05, 0.1) is 12.1 Å². The van der Waals surface area contributed by atoms with Crippen molar-refractivity contribution in [2.75, 3.05) is 7.11 Å². The monoisotopic (exact) mass is 226 g/mol. The predicted octanol–water partition coefficient (Wildman–Crippen LogP) is 2.38. The van der Waals surface area contributed by atoms with Crippen LogP contribution < -0.4 is 11.3 Å². The van der Waals surface area contributed by atoms with Gasteiger partial charge >= 0.3 is 0 Å². The van der Waals surface area contributed by atoms with Crippen LogP contribution in [0.25, 0.3) is 0 Å². The quantitative estimate of drug-likeness (QED) is 0.430. The van der Waals surface area contributed by atoms with Crippen molar-refractivity contribution < 1.29 is 4.74 Å². The highest BCUT2D eigenvalue weighted by Crippen LogP contribution is 2.24. The molecule has 16 heavy (non-hydrogen) atoms. The number of hydrogen-bond acceptors (Lipinski definition) is 3. The Morgan fingerprint density at radius 3 is 2.62 bits per heavy atom. The summed E-state index contributed by atoms with van der Waals surface area (Å²) in [5, 5.41) is 0. The third-order valence-corrected chi connectivity index (χ3v) is 3.41. The molecule has 2 unspecified atom stereocenters. The lowest BCUT2D eigenvalue weighted by Gasteiger charge is -2.30. The van der Waals surface area contributed by atoms with Crippen molar-refractivity contribution in [2.45, 2.75) is 58.1 Å². The molecule has 94 valence electrons. The molecule has 0 spiro atoms. The molecule has 3 heteroatoms. The minimum atomic E-state index is 0.161. The minimum absolute atomic E-state index is 0.161. The van der Waals surface area contributed by atoms with Crippen molar-refractivity contribution >= 4 is 0 Å². The minimum Gasteiger partial charge on any atom is -0.379 e. The van der Waals surface area contributed by atoms with Crippen LogP contribution in [-0.4, -0.2) is 19.3 Å². The topological polar surface area (TPSA) is 47.3 Å². The number of allylic oxidation sites excluding steroid dienone is 1. The van der Waals surface area contributed by atoms with E-state index in [1.807, 2.05) is 0 Å². The van der Waals surface area contributed by atoms with Gasteiger partial charge in [-0.3, -0.25) is 11.3 Å². The number of hydrogen-bond donors (Lipinski definition) is 2. The van der Waals surface area contributed by atoms with E-state index in [9.17, 15) is 0 Å². The summed E-state index contributed by atoms with van der Waals surface area (Å²) >= 11 is 0. The van der Waals surface area contributed by atoms with E-state index in [-0.39, 0.29) is 12.1 Å². The fourth-order valence-electron chi connectivity index (χ4n) is 2.53. The zero-order chi connectivity index (χ0) is 12.0. The van der Waals surface area contributed by atoms with Gasteiger partial charge in [0.25, 0.3) is 0 Å². The number of nitrogens with one attached hydrogen (secondary N) is 1. The first-order chi connectivity index (χ1) is 7.70. The third-order valence-electron chi connectivity index (χ3n) is 3.41. The average Bonchev–Trinajstić information content (AvgIpc) is 2.53. The Morgan fingerprint density at radius 2 is 2.06 bits per heavy atom. The number of hydrazine groups is 1. The standard InChI is InChI=1S/C13H26N2O/c1-10(2)13(16-3)12(15-14)11-8-6-4-5-7-9-11/h8,10,12-13,15H,4-7,9,14H2,1-3H3. The molecule has 0 saturated heterocycles. The van der Waals surface area contributed by atoms with Gasteiger partial charge in [-0.15, -0.1) is 0 Å². The van der Waals surface area contributed by atoms with Gasteiger partial charge in [-0.2, -0.15) is 0 Å². The maximum absolute atomic E-state index is 5.70. The van der Waals surface area contributed by atoms with Crippen LogP contribution in [-0.2, 0) is 4.74 Å². The van der Waals surface area contributed by atoms with Gasteiger partial charge in [-0.05, 0) is 31.6 Å². The van der Waals surface area contributed by atoms with Crippen LogP contribution in [0, 0.1) is 5.92 Å². The van der Waals surface area contributed by atoms with Crippen molar-refractivity contribution in [3.63, 3.8) is 0 Å². The van der Waals surface area contributed by atoms with Gasteiger partial charge in [-0.25, -0.2) is 0 Å². The molecular formula is C13H26N2O. The normalized spacial score (nSPS) is 21.4. The first kappa shape index (κ1) is 13.7. The Hall–Kier alpha value is -0.380. The second kappa shape index (κ2) is 7.05. The zero-order valence-electron chi connectivity index (χ0n) is 10.8. The number of rotatable bonds is 5. The van der Waals surface area contributed by atoms with Crippen LogP contribution in [0.3, 0.4) is 0 Å². The fraction of sp³-hybridized carbons (Fsp3) is 0.846. The SMILES string of the molecule is COC(C(C)C)C(NN)C1=CCCCCC1. The van der Waals surface area contributed by atoms with Crippen LogP contribution in [0.4, 0.5) is 0 Å². The molecule has 0 amide bonds. The lowest BCUT2D eigenvalue weighted by molar-refractivity contribution is 0.0421. The van der Waals surface area contributed by atoms with Crippen LogP contribution in [0.15, 0.2) is 11.6 Å². The molecule has 0 fully saturated rings. The van der Waals surface area contributed by atoms with Gasteiger partial charge < -0.3 is 4.74 Å². The third kappa shape index (κ3) is 3.58. The first-order valence-electron chi connectivity index (χ1n) is 6.38. The molecule has 1 rings (SSSR count). The van der Waals surface area contributed by atoms with Gasteiger partial charge in [-0.1, -0.05) is 31.9 Å². The molecule has 0 radical (unpaired) electrons. The smallest absolute Gasteiger partial charge is 0.0798 e. The van der Waals surface area contributed by atoms with E-state index < -0.39 is 0 Å². The van der Waals surface area contributed by atoms with Gasteiger partial charge in [0.1, 0.15) is 0 Å². The summed E-state index contributed by atoms with van der Waals surface area (Å²) < 4.78 is 5.58. The van der Waals surface area contributed by atoms with E-state index in [4.69, 9.17) is 10.6 Å². The fourth-order valence-corrected chi connectivity index (χ4v) is 2.53. The van der Waals surface area contributed by atoms with E-state index >= 15 is 0 Å². The molecule has 1 aliphatic carbocycles. The summed E-state index contributed by atoms with van der Waals surface area (Å²) in [6, 6.07) is 0.170. The lowest BCUT2D eigenvalue weighted by atomic mass is 9.91.